The first-order chi connectivity index (χ1) is 22.3. The first-order valence-corrected chi connectivity index (χ1v) is 17.5. The number of aryl methyl sites for hydroxylation is 1. The van der Waals surface area contributed by atoms with Crippen molar-refractivity contribution in [3.05, 3.63) is 120 Å². The third-order valence-electron chi connectivity index (χ3n) is 8.21. The van der Waals surface area contributed by atoms with Crippen molar-refractivity contribution < 1.29 is 19.4 Å². The first kappa shape index (κ1) is 36.8. The van der Waals surface area contributed by atoms with E-state index in [4.69, 9.17) is 4.74 Å². The van der Waals surface area contributed by atoms with Crippen LogP contribution >= 0.6 is 11.8 Å². The molecule has 0 radical (unpaired) electrons. The summed E-state index contributed by atoms with van der Waals surface area (Å²) in [7, 11) is 1.76. The second-order valence-corrected chi connectivity index (χ2v) is 12.7. The zero-order chi connectivity index (χ0) is 33.3. The summed E-state index contributed by atoms with van der Waals surface area (Å²) in [4.78, 5) is 27.7. The number of nitrogens with zero attached hydrogens (tertiary/aromatic N) is 1. The van der Waals surface area contributed by atoms with Gasteiger partial charge in [0.2, 0.25) is 0 Å². The Morgan fingerprint density at radius 2 is 1.83 bits per heavy atom. The molecule has 0 bridgehead atoms. The Bertz CT molecular complexity index is 1420. The van der Waals surface area contributed by atoms with E-state index < -0.39 is 12.0 Å². The number of carbonyl (C=O) groups excluding carboxylic acids is 1. The van der Waals surface area contributed by atoms with Crippen LogP contribution in [-0.2, 0) is 22.5 Å². The first-order valence-electron chi connectivity index (χ1n) is 16.1. The van der Waals surface area contributed by atoms with Crippen LogP contribution in [0.2, 0.25) is 0 Å². The maximum Gasteiger partial charge on any atom is 0.326 e. The third kappa shape index (κ3) is 11.3. The zero-order valence-electron chi connectivity index (χ0n) is 27.8. The molecule has 1 saturated heterocycles. The minimum absolute atomic E-state index is 0.330. The Hall–Kier alpha value is -3.65. The van der Waals surface area contributed by atoms with Crippen LogP contribution in [0.3, 0.4) is 0 Å². The van der Waals surface area contributed by atoms with Gasteiger partial charge in [0, 0.05) is 31.8 Å². The molecule has 0 saturated carbocycles. The van der Waals surface area contributed by atoms with Crippen LogP contribution in [-0.4, -0.2) is 66.2 Å². The number of thioether (sulfide) groups is 1. The Morgan fingerprint density at radius 1 is 1.09 bits per heavy atom. The van der Waals surface area contributed by atoms with Crippen molar-refractivity contribution in [2.24, 2.45) is 5.92 Å². The second-order valence-electron chi connectivity index (χ2n) is 11.7. The minimum atomic E-state index is -1.01. The van der Waals surface area contributed by atoms with E-state index in [0.717, 1.165) is 54.6 Å². The summed E-state index contributed by atoms with van der Waals surface area (Å²) in [6, 6.07) is 24.0. The van der Waals surface area contributed by atoms with Gasteiger partial charge in [0.25, 0.3) is 5.91 Å². The SMILES string of the molecule is C=C/C=C/CC.COCC1CC(Cc2ccccc2)CN1Cc1ccc(C(=O)NC(CCSC)C(=O)O)c(-c2ccccc2C)c1. The van der Waals surface area contributed by atoms with Crippen molar-refractivity contribution in [2.75, 3.05) is 32.3 Å². The van der Waals surface area contributed by atoms with Crippen LogP contribution in [0.4, 0.5) is 0 Å². The van der Waals surface area contributed by atoms with Gasteiger partial charge in [-0.2, -0.15) is 11.8 Å². The number of hydrogen-bond acceptors (Lipinski definition) is 5. The van der Waals surface area contributed by atoms with Gasteiger partial charge in [-0.25, -0.2) is 4.79 Å². The monoisotopic (exact) mass is 642 g/mol. The molecule has 3 unspecified atom stereocenters. The van der Waals surface area contributed by atoms with Crippen molar-refractivity contribution in [1.82, 2.24) is 10.2 Å². The number of amides is 1. The molecule has 0 aromatic heterocycles. The van der Waals surface area contributed by atoms with Crippen molar-refractivity contribution in [3.8, 4) is 11.1 Å². The number of ether oxygens (including phenoxy) is 1. The molecule has 1 aliphatic rings. The molecule has 1 heterocycles. The molecule has 7 heteroatoms. The van der Waals surface area contributed by atoms with E-state index in [0.29, 0.717) is 36.3 Å². The highest BCUT2D eigenvalue weighted by atomic mass is 32.2. The number of likely N-dealkylation sites (tertiary alicyclic amines) is 1. The van der Waals surface area contributed by atoms with Crippen LogP contribution < -0.4 is 5.32 Å². The van der Waals surface area contributed by atoms with Gasteiger partial charge < -0.3 is 15.2 Å². The molecule has 6 nitrogen and oxygen atoms in total. The number of hydrogen-bond donors (Lipinski definition) is 2. The van der Waals surface area contributed by atoms with Gasteiger partial charge in [0.1, 0.15) is 6.04 Å². The predicted octanol–water partition coefficient (Wildman–Crippen LogP) is 7.82. The van der Waals surface area contributed by atoms with Crippen LogP contribution in [0.15, 0.2) is 97.6 Å². The van der Waals surface area contributed by atoms with Crippen LogP contribution in [0, 0.1) is 12.8 Å². The molecule has 3 atom stereocenters. The van der Waals surface area contributed by atoms with Gasteiger partial charge >= 0.3 is 5.97 Å². The van der Waals surface area contributed by atoms with Crippen molar-refractivity contribution in [2.45, 2.75) is 58.2 Å². The lowest BCUT2D eigenvalue weighted by Crippen LogP contribution is -2.41. The van der Waals surface area contributed by atoms with Crippen LogP contribution in [0.5, 0.6) is 0 Å². The van der Waals surface area contributed by atoms with E-state index in [1.165, 1.54) is 5.56 Å². The number of nitrogens with one attached hydrogen (secondary N) is 1. The number of aliphatic carboxylic acids is 1. The smallest absolute Gasteiger partial charge is 0.326 e. The summed E-state index contributed by atoms with van der Waals surface area (Å²) >= 11 is 1.56. The van der Waals surface area contributed by atoms with Crippen molar-refractivity contribution in [3.63, 3.8) is 0 Å². The molecule has 2 N–H and O–H groups in total. The summed E-state index contributed by atoms with van der Waals surface area (Å²) in [5.41, 5.74) is 5.83. The molecule has 1 aliphatic heterocycles. The number of rotatable bonds is 15. The Kier molecular flexibility index (Phi) is 15.8. The number of methoxy groups -OCH3 is 1. The summed E-state index contributed by atoms with van der Waals surface area (Å²) in [6.07, 6.45) is 11.3. The number of benzene rings is 3. The van der Waals surface area contributed by atoms with Gasteiger partial charge in [0.15, 0.2) is 0 Å². The van der Waals surface area contributed by atoms with E-state index in [1.54, 1.807) is 24.9 Å². The molecule has 0 spiro atoms. The fourth-order valence-corrected chi connectivity index (χ4v) is 6.40. The van der Waals surface area contributed by atoms with E-state index in [-0.39, 0.29) is 5.91 Å². The third-order valence-corrected chi connectivity index (χ3v) is 8.86. The molecule has 0 aliphatic carbocycles. The standard InChI is InChI=1S/C33H40N2O4S.C6H10/c1-23-9-7-8-12-28(23)30-19-25(13-14-29(30)32(36)34-31(33(37)38)15-16-40-3)20-35-21-26(18-27(35)22-39-2)17-24-10-5-4-6-11-24;1-3-5-6-4-2/h4-14,19,26-27,31H,15-18,20-22H2,1-3H3,(H,34,36)(H,37,38);3,5-6H,1,4H2,2H3/b;6-5+. The van der Waals surface area contributed by atoms with E-state index in [2.05, 4.69) is 66.2 Å². The van der Waals surface area contributed by atoms with Crippen molar-refractivity contribution in [1.29, 1.82) is 0 Å². The topological polar surface area (TPSA) is 78.9 Å². The quantitative estimate of drug-likeness (QED) is 0.165. The zero-order valence-corrected chi connectivity index (χ0v) is 28.6. The molecular weight excluding hydrogens is 593 g/mol. The summed E-state index contributed by atoms with van der Waals surface area (Å²) < 4.78 is 5.59. The maximum atomic E-state index is 13.4. The maximum absolute atomic E-state index is 13.4. The lowest BCUT2D eigenvalue weighted by molar-refractivity contribution is -0.139. The number of carboxylic acids is 1. The van der Waals surface area contributed by atoms with Gasteiger partial charge in [-0.1, -0.05) is 92.4 Å². The Labute approximate surface area is 279 Å². The molecule has 1 fully saturated rings. The van der Waals surface area contributed by atoms with E-state index >= 15 is 0 Å². The lowest BCUT2D eigenvalue weighted by atomic mass is 9.93. The van der Waals surface area contributed by atoms with Crippen molar-refractivity contribution >= 4 is 23.6 Å². The number of allylic oxidation sites excluding steroid dienone is 3. The molecule has 46 heavy (non-hydrogen) atoms. The van der Waals surface area contributed by atoms with Gasteiger partial charge in [0.05, 0.1) is 6.61 Å². The van der Waals surface area contributed by atoms with Gasteiger partial charge in [-0.15, -0.1) is 0 Å². The minimum Gasteiger partial charge on any atom is -0.480 e. The Morgan fingerprint density at radius 3 is 2.46 bits per heavy atom. The molecule has 3 aromatic carbocycles. The number of carboxylic acid groups (broad SMARTS) is 1. The summed E-state index contributed by atoms with van der Waals surface area (Å²) in [5.74, 6) is -0.165. The Balaban J connectivity index is 0.000000875. The van der Waals surface area contributed by atoms with E-state index in [1.807, 2.05) is 55.7 Å². The van der Waals surface area contributed by atoms with Crippen LogP contribution in [0.25, 0.3) is 11.1 Å². The normalized spacial score (nSPS) is 16.9. The average molecular weight is 643 g/mol. The molecular formula is C39H50N2O4S. The van der Waals surface area contributed by atoms with Gasteiger partial charge in [-0.05, 0) is 90.5 Å². The molecule has 3 aromatic rings. The average Bonchev–Trinajstić information content (AvgIpc) is 3.42. The fourth-order valence-electron chi connectivity index (χ4n) is 5.93. The number of carbonyl (C=O) groups is 2. The fraction of sp³-hybridized carbons (Fsp3) is 0.385. The molecule has 246 valence electrons. The highest BCUT2D eigenvalue weighted by Crippen LogP contribution is 2.32. The highest BCUT2D eigenvalue weighted by Gasteiger charge is 2.32. The summed E-state index contributed by atoms with van der Waals surface area (Å²) in [6.45, 7) is 10.1. The van der Waals surface area contributed by atoms with E-state index in [9.17, 15) is 14.7 Å². The van der Waals surface area contributed by atoms with Gasteiger partial charge in [-0.3, -0.25) is 9.69 Å². The molecule has 1 amide bonds. The predicted molar refractivity (Wildman–Crippen MR) is 192 cm³/mol. The molecule has 4 rings (SSSR count). The summed E-state index contributed by atoms with van der Waals surface area (Å²) in [5, 5.41) is 12.4. The lowest BCUT2D eigenvalue weighted by Gasteiger charge is -2.24. The highest BCUT2D eigenvalue weighted by molar-refractivity contribution is 7.98. The second kappa shape index (κ2) is 19.8. The largest absolute Gasteiger partial charge is 0.480 e. The van der Waals surface area contributed by atoms with Crippen LogP contribution in [0.1, 0.15) is 53.2 Å².